The fourth-order valence-electron chi connectivity index (χ4n) is 1.89. The third-order valence-corrected chi connectivity index (χ3v) is 2.85. The van der Waals surface area contributed by atoms with Gasteiger partial charge in [-0.2, -0.15) is 0 Å². The summed E-state index contributed by atoms with van der Waals surface area (Å²) in [6, 6.07) is 0.531. The van der Waals surface area contributed by atoms with Crippen molar-refractivity contribution in [3.05, 3.63) is 0 Å². The quantitative estimate of drug-likeness (QED) is 0.690. The van der Waals surface area contributed by atoms with Gasteiger partial charge in [-0.05, 0) is 32.9 Å². The molecule has 1 N–H and O–H groups in total. The molecule has 0 aromatic carbocycles. The summed E-state index contributed by atoms with van der Waals surface area (Å²) in [5, 5.41) is 3.04. The lowest BCUT2D eigenvalue weighted by molar-refractivity contribution is -0.154. The van der Waals surface area contributed by atoms with E-state index in [1.165, 1.54) is 12.8 Å². The molecule has 1 atom stereocenters. The first-order valence-electron chi connectivity index (χ1n) is 5.39. The highest BCUT2D eigenvalue weighted by molar-refractivity contribution is 5.82. The molecule has 1 aliphatic heterocycles. The van der Waals surface area contributed by atoms with Gasteiger partial charge in [0.05, 0.1) is 6.61 Å². The largest absolute Gasteiger partial charge is 0.366 e. The Hall–Kier alpha value is -0.610. The van der Waals surface area contributed by atoms with Gasteiger partial charge in [-0.25, -0.2) is 0 Å². The Morgan fingerprint density at radius 2 is 2.36 bits per heavy atom. The minimum atomic E-state index is -0.197. The number of morpholine rings is 1. The van der Waals surface area contributed by atoms with E-state index < -0.39 is 0 Å². The van der Waals surface area contributed by atoms with Crippen molar-refractivity contribution in [2.24, 2.45) is 0 Å². The van der Waals surface area contributed by atoms with Crippen LogP contribution in [-0.2, 0) is 9.53 Å². The molecule has 0 aromatic rings. The Kier molecular flexibility index (Phi) is 3.03. The van der Waals surface area contributed by atoms with Gasteiger partial charge in [0.2, 0.25) is 0 Å². The summed E-state index contributed by atoms with van der Waals surface area (Å²) in [5.41, 5.74) is 0. The smallest absolute Gasteiger partial charge is 0.252 e. The molecule has 2 rings (SSSR count). The number of ether oxygens (including phenoxy) is 1. The van der Waals surface area contributed by atoms with Gasteiger partial charge in [0.15, 0.2) is 0 Å². The van der Waals surface area contributed by atoms with E-state index in [1.807, 2.05) is 11.9 Å². The van der Waals surface area contributed by atoms with Crippen LogP contribution in [0.15, 0.2) is 0 Å². The van der Waals surface area contributed by atoms with Gasteiger partial charge in [-0.1, -0.05) is 0 Å². The normalized spacial score (nSPS) is 28.2. The van der Waals surface area contributed by atoms with E-state index in [9.17, 15) is 4.79 Å². The van der Waals surface area contributed by atoms with Crippen molar-refractivity contribution in [3.8, 4) is 0 Å². The number of nitrogens with zero attached hydrogens (tertiary/aromatic N) is 1. The molecular formula is C10H18N2O2. The Morgan fingerprint density at radius 3 is 3.00 bits per heavy atom. The number of amides is 1. The number of carbonyl (C=O) groups excluding carboxylic acids is 1. The van der Waals surface area contributed by atoms with E-state index in [0.29, 0.717) is 12.6 Å². The van der Waals surface area contributed by atoms with Gasteiger partial charge < -0.3 is 15.0 Å². The summed E-state index contributed by atoms with van der Waals surface area (Å²) >= 11 is 0. The summed E-state index contributed by atoms with van der Waals surface area (Å²) in [4.78, 5) is 13.9. The van der Waals surface area contributed by atoms with Crippen molar-refractivity contribution >= 4 is 5.91 Å². The highest BCUT2D eigenvalue weighted by Crippen LogP contribution is 2.29. The zero-order valence-corrected chi connectivity index (χ0v) is 8.66. The molecule has 1 saturated heterocycles. The number of rotatable bonds is 4. The minimum absolute atomic E-state index is 0.197. The van der Waals surface area contributed by atoms with Crippen LogP contribution < -0.4 is 5.32 Å². The van der Waals surface area contributed by atoms with Crippen LogP contribution in [-0.4, -0.2) is 49.7 Å². The van der Waals surface area contributed by atoms with E-state index >= 15 is 0 Å². The van der Waals surface area contributed by atoms with Crippen LogP contribution in [0.3, 0.4) is 0 Å². The highest BCUT2D eigenvalue weighted by atomic mass is 16.5. The molecule has 1 aliphatic carbocycles. The fourth-order valence-corrected chi connectivity index (χ4v) is 1.89. The van der Waals surface area contributed by atoms with Gasteiger partial charge in [0.25, 0.3) is 5.91 Å². The highest BCUT2D eigenvalue weighted by Gasteiger charge is 2.38. The zero-order chi connectivity index (χ0) is 9.97. The van der Waals surface area contributed by atoms with Gasteiger partial charge >= 0.3 is 0 Å². The van der Waals surface area contributed by atoms with Crippen molar-refractivity contribution in [1.82, 2.24) is 10.2 Å². The molecule has 4 nitrogen and oxygen atoms in total. The lowest BCUT2D eigenvalue weighted by Gasteiger charge is -2.32. The molecule has 14 heavy (non-hydrogen) atoms. The average molecular weight is 198 g/mol. The summed E-state index contributed by atoms with van der Waals surface area (Å²) in [7, 11) is 1.89. The van der Waals surface area contributed by atoms with Crippen molar-refractivity contribution < 1.29 is 9.53 Å². The molecule has 1 saturated carbocycles. The first-order chi connectivity index (χ1) is 6.83. The fraction of sp³-hybridized carbons (Fsp3) is 0.900. The summed E-state index contributed by atoms with van der Waals surface area (Å²) in [5.74, 6) is 0.203. The number of hydrogen-bond donors (Lipinski definition) is 1. The topological polar surface area (TPSA) is 41.6 Å². The predicted octanol–water partition coefficient (Wildman–Crippen LogP) is -0.0143. The lowest BCUT2D eigenvalue weighted by Crippen LogP contribution is -2.49. The zero-order valence-electron chi connectivity index (χ0n) is 8.66. The monoisotopic (exact) mass is 198 g/mol. The van der Waals surface area contributed by atoms with Crippen LogP contribution in [0.25, 0.3) is 0 Å². The van der Waals surface area contributed by atoms with Crippen LogP contribution >= 0.6 is 0 Å². The second-order valence-electron chi connectivity index (χ2n) is 4.01. The number of nitrogens with one attached hydrogen (secondary N) is 1. The van der Waals surface area contributed by atoms with Gasteiger partial charge in [0, 0.05) is 12.6 Å². The maximum atomic E-state index is 11.9. The Labute approximate surface area is 84.6 Å². The van der Waals surface area contributed by atoms with Crippen LogP contribution in [0, 0.1) is 0 Å². The summed E-state index contributed by atoms with van der Waals surface area (Å²) < 4.78 is 5.47. The van der Waals surface area contributed by atoms with E-state index in [4.69, 9.17) is 4.74 Å². The molecule has 4 heteroatoms. The molecule has 80 valence electrons. The summed E-state index contributed by atoms with van der Waals surface area (Å²) in [6.45, 7) is 2.34. The van der Waals surface area contributed by atoms with E-state index in [0.717, 1.165) is 19.5 Å². The maximum absolute atomic E-state index is 11.9. The van der Waals surface area contributed by atoms with E-state index in [1.54, 1.807) is 0 Å². The Bertz CT molecular complexity index is 216. The SMILES string of the molecule is CNCCC1OCCN(C2CC2)C1=O. The van der Waals surface area contributed by atoms with Crippen LogP contribution in [0.2, 0.25) is 0 Å². The molecular weight excluding hydrogens is 180 g/mol. The predicted molar refractivity (Wildman–Crippen MR) is 53.0 cm³/mol. The van der Waals surface area contributed by atoms with Gasteiger partial charge in [-0.3, -0.25) is 4.79 Å². The first-order valence-corrected chi connectivity index (χ1v) is 5.39. The van der Waals surface area contributed by atoms with Crippen LogP contribution in [0.1, 0.15) is 19.3 Å². The Balaban J connectivity index is 1.87. The standard InChI is InChI=1S/C10H18N2O2/c1-11-5-4-9-10(13)12(6-7-14-9)8-2-3-8/h8-9,11H,2-7H2,1H3. The van der Waals surface area contributed by atoms with Crippen molar-refractivity contribution in [2.75, 3.05) is 26.7 Å². The third-order valence-electron chi connectivity index (χ3n) is 2.85. The molecule has 1 unspecified atom stereocenters. The molecule has 0 spiro atoms. The molecule has 1 heterocycles. The molecule has 0 aromatic heterocycles. The van der Waals surface area contributed by atoms with Crippen molar-refractivity contribution in [3.63, 3.8) is 0 Å². The van der Waals surface area contributed by atoms with Crippen LogP contribution in [0.4, 0.5) is 0 Å². The van der Waals surface area contributed by atoms with Crippen molar-refractivity contribution in [1.29, 1.82) is 0 Å². The molecule has 0 radical (unpaired) electrons. The van der Waals surface area contributed by atoms with Crippen LogP contribution in [0.5, 0.6) is 0 Å². The van der Waals surface area contributed by atoms with Gasteiger partial charge in [-0.15, -0.1) is 0 Å². The van der Waals surface area contributed by atoms with Crippen molar-refractivity contribution in [2.45, 2.75) is 31.4 Å². The minimum Gasteiger partial charge on any atom is -0.366 e. The van der Waals surface area contributed by atoms with E-state index in [-0.39, 0.29) is 12.0 Å². The second kappa shape index (κ2) is 4.28. The van der Waals surface area contributed by atoms with Gasteiger partial charge in [0.1, 0.15) is 6.10 Å². The second-order valence-corrected chi connectivity index (χ2v) is 4.01. The molecule has 2 fully saturated rings. The molecule has 2 aliphatic rings. The lowest BCUT2D eigenvalue weighted by atomic mass is 10.2. The first kappa shape index (κ1) is 9.93. The van der Waals surface area contributed by atoms with E-state index in [2.05, 4.69) is 5.32 Å². The Morgan fingerprint density at radius 1 is 1.57 bits per heavy atom. The third kappa shape index (κ3) is 2.07. The number of carbonyl (C=O) groups is 1. The summed E-state index contributed by atoms with van der Waals surface area (Å²) in [6.07, 6.45) is 2.96. The maximum Gasteiger partial charge on any atom is 0.252 e. The number of hydrogen-bond acceptors (Lipinski definition) is 3. The molecule has 1 amide bonds. The average Bonchev–Trinajstić information content (AvgIpc) is 3.00. The molecule has 0 bridgehead atoms.